The van der Waals surface area contributed by atoms with E-state index >= 15 is 0 Å². The summed E-state index contributed by atoms with van der Waals surface area (Å²) in [4.78, 5) is 23.5. The number of nitrogens with one attached hydrogen (secondary N) is 1. The molecule has 0 spiro atoms. The van der Waals surface area contributed by atoms with Crippen LogP contribution >= 0.6 is 15.9 Å². The van der Waals surface area contributed by atoms with E-state index in [0.29, 0.717) is 4.47 Å². The first-order valence-electron chi connectivity index (χ1n) is 6.43. The number of hydrogen-bond donors (Lipinski definition) is 1. The van der Waals surface area contributed by atoms with Crippen molar-refractivity contribution in [1.29, 1.82) is 0 Å². The fourth-order valence-electron chi connectivity index (χ4n) is 1.52. The monoisotopic (exact) mass is 393 g/mol. The second-order valence-corrected chi connectivity index (χ2v) is 6.53. The number of hydrogen-bond acceptors (Lipinski definition) is 6. The van der Waals surface area contributed by atoms with E-state index in [1.165, 1.54) is 18.2 Å². The molecule has 1 rings (SSSR count). The topological polar surface area (TPSA) is 98.8 Å². The van der Waals surface area contributed by atoms with Gasteiger partial charge in [-0.1, -0.05) is 12.1 Å². The van der Waals surface area contributed by atoms with Gasteiger partial charge >= 0.3 is 11.9 Å². The summed E-state index contributed by atoms with van der Waals surface area (Å²) in [5, 5.41) is 0. The zero-order valence-electron chi connectivity index (χ0n) is 12.0. The molecule has 9 heteroatoms. The van der Waals surface area contributed by atoms with E-state index in [-0.39, 0.29) is 18.1 Å². The molecule has 0 unspecified atom stereocenters. The second-order valence-electron chi connectivity index (χ2n) is 3.99. The third-order valence-electron chi connectivity index (χ3n) is 2.44. The van der Waals surface area contributed by atoms with E-state index < -0.39 is 28.0 Å². The normalized spacial score (nSPS) is 11.3. The van der Waals surface area contributed by atoms with Crippen molar-refractivity contribution in [3.63, 3.8) is 0 Å². The molecule has 0 heterocycles. The van der Waals surface area contributed by atoms with Crippen LogP contribution < -0.4 is 4.72 Å². The van der Waals surface area contributed by atoms with Crippen LogP contribution in [0.4, 0.5) is 0 Å². The van der Waals surface area contributed by atoms with Crippen molar-refractivity contribution in [3.8, 4) is 0 Å². The van der Waals surface area contributed by atoms with Gasteiger partial charge in [-0.2, -0.15) is 4.72 Å². The Kier molecular flexibility index (Phi) is 6.98. The molecule has 0 aliphatic rings. The Morgan fingerprint density at radius 3 is 2.09 bits per heavy atom. The highest BCUT2D eigenvalue weighted by molar-refractivity contribution is 9.10. The zero-order valence-corrected chi connectivity index (χ0v) is 14.4. The predicted molar refractivity (Wildman–Crippen MR) is 81.5 cm³/mol. The van der Waals surface area contributed by atoms with Gasteiger partial charge < -0.3 is 9.47 Å². The first kappa shape index (κ1) is 18.6. The van der Waals surface area contributed by atoms with E-state index in [9.17, 15) is 18.0 Å². The van der Waals surface area contributed by atoms with Crippen LogP contribution in [0, 0.1) is 0 Å². The third kappa shape index (κ3) is 4.79. The lowest BCUT2D eigenvalue weighted by Crippen LogP contribution is -2.48. The van der Waals surface area contributed by atoms with Crippen LogP contribution in [0.5, 0.6) is 0 Å². The highest BCUT2D eigenvalue weighted by atomic mass is 79.9. The average molecular weight is 394 g/mol. The van der Waals surface area contributed by atoms with Crippen LogP contribution in [-0.2, 0) is 29.1 Å². The summed E-state index contributed by atoms with van der Waals surface area (Å²) < 4.78 is 36.4. The summed E-state index contributed by atoms with van der Waals surface area (Å²) in [5.74, 6) is -2.03. The number of carbonyl (C=O) groups is 2. The van der Waals surface area contributed by atoms with Gasteiger partial charge in [0.2, 0.25) is 16.1 Å². The van der Waals surface area contributed by atoms with Crippen molar-refractivity contribution in [2.75, 3.05) is 13.2 Å². The third-order valence-corrected chi connectivity index (χ3v) is 4.88. The Morgan fingerprint density at radius 1 is 1.14 bits per heavy atom. The Labute approximate surface area is 137 Å². The van der Waals surface area contributed by atoms with Gasteiger partial charge in [-0.25, -0.2) is 18.0 Å². The fraction of sp³-hybridized carbons (Fsp3) is 0.385. The Balaban J connectivity index is 3.10. The smallest absolute Gasteiger partial charge is 0.335 e. The Hall–Kier alpha value is -1.45. The molecule has 0 aliphatic carbocycles. The number of benzene rings is 1. The van der Waals surface area contributed by atoms with Crippen LogP contribution in [0.1, 0.15) is 13.8 Å². The molecule has 7 nitrogen and oxygen atoms in total. The number of halogens is 1. The summed E-state index contributed by atoms with van der Waals surface area (Å²) in [6.45, 7) is 3.10. The first-order chi connectivity index (χ1) is 10.3. The minimum Gasteiger partial charge on any atom is -0.464 e. The lowest BCUT2D eigenvalue weighted by Gasteiger charge is -2.16. The van der Waals surface area contributed by atoms with Gasteiger partial charge in [0.25, 0.3) is 0 Å². The zero-order chi connectivity index (χ0) is 16.8. The van der Waals surface area contributed by atoms with Crippen LogP contribution in [-0.4, -0.2) is 39.6 Å². The van der Waals surface area contributed by atoms with E-state index in [1.807, 2.05) is 4.72 Å². The molecular formula is C13H16BrNO6S. The molecule has 0 saturated carbocycles. The van der Waals surface area contributed by atoms with Crippen LogP contribution in [0.2, 0.25) is 0 Å². The Bertz CT molecular complexity index is 628. The van der Waals surface area contributed by atoms with Crippen molar-refractivity contribution in [2.24, 2.45) is 0 Å². The molecule has 1 aromatic rings. The predicted octanol–water partition coefficient (Wildman–Crippen LogP) is 1.22. The molecular weight excluding hydrogens is 378 g/mol. The maximum Gasteiger partial charge on any atom is 0.335 e. The van der Waals surface area contributed by atoms with E-state index in [4.69, 9.17) is 9.47 Å². The van der Waals surface area contributed by atoms with Crippen LogP contribution in [0.25, 0.3) is 0 Å². The average Bonchev–Trinajstić information content (AvgIpc) is 2.45. The molecule has 1 N–H and O–H groups in total. The lowest BCUT2D eigenvalue weighted by molar-refractivity contribution is -0.157. The maximum atomic E-state index is 12.3. The van der Waals surface area contributed by atoms with Crippen molar-refractivity contribution < 1.29 is 27.5 Å². The van der Waals surface area contributed by atoms with Gasteiger partial charge in [-0.05, 0) is 41.9 Å². The minimum absolute atomic E-state index is 0.00545. The van der Waals surface area contributed by atoms with Gasteiger partial charge in [0.05, 0.1) is 18.1 Å². The molecule has 0 aromatic heterocycles. The van der Waals surface area contributed by atoms with Crippen molar-refractivity contribution >= 4 is 37.9 Å². The number of rotatable bonds is 7. The molecule has 0 radical (unpaired) electrons. The number of sulfonamides is 1. The highest BCUT2D eigenvalue weighted by Gasteiger charge is 2.34. The van der Waals surface area contributed by atoms with Crippen molar-refractivity contribution in [2.45, 2.75) is 24.8 Å². The first-order valence-corrected chi connectivity index (χ1v) is 8.71. The summed E-state index contributed by atoms with van der Waals surface area (Å²) in [7, 11) is -4.12. The van der Waals surface area contributed by atoms with E-state index in [2.05, 4.69) is 15.9 Å². The minimum atomic E-state index is -4.12. The molecule has 1 aromatic carbocycles. The van der Waals surface area contributed by atoms with Gasteiger partial charge in [-0.15, -0.1) is 0 Å². The van der Waals surface area contributed by atoms with Crippen LogP contribution in [0.15, 0.2) is 33.6 Å². The molecule has 22 heavy (non-hydrogen) atoms. The van der Waals surface area contributed by atoms with Gasteiger partial charge in [0.1, 0.15) is 0 Å². The molecule has 0 bridgehead atoms. The van der Waals surface area contributed by atoms with E-state index in [1.54, 1.807) is 19.9 Å². The maximum absolute atomic E-state index is 12.3. The van der Waals surface area contributed by atoms with Gasteiger partial charge in [0.15, 0.2) is 0 Å². The molecule has 122 valence electrons. The highest BCUT2D eigenvalue weighted by Crippen LogP contribution is 2.21. The number of carbonyl (C=O) groups excluding carboxylic acids is 2. The lowest BCUT2D eigenvalue weighted by atomic mass is 10.3. The molecule has 0 atom stereocenters. The van der Waals surface area contributed by atoms with Crippen LogP contribution in [0.3, 0.4) is 0 Å². The standard InChI is InChI=1S/C13H16BrNO6S/c1-3-20-12(16)11(13(17)21-4-2)15-22(18,19)10-8-6-5-7-9(10)14/h5-8,11,15H,3-4H2,1-2H3. The van der Waals surface area contributed by atoms with Crippen molar-refractivity contribution in [3.05, 3.63) is 28.7 Å². The molecule has 0 amide bonds. The van der Waals surface area contributed by atoms with E-state index in [0.717, 1.165) is 0 Å². The van der Waals surface area contributed by atoms with Gasteiger partial charge in [0, 0.05) is 4.47 Å². The number of ether oxygens (including phenoxy) is 2. The molecule has 0 saturated heterocycles. The van der Waals surface area contributed by atoms with Crippen molar-refractivity contribution in [1.82, 2.24) is 4.72 Å². The molecule has 0 fully saturated rings. The number of esters is 2. The quantitative estimate of drug-likeness (QED) is 0.552. The summed E-state index contributed by atoms with van der Waals surface area (Å²) in [6, 6.07) is 4.26. The fourth-order valence-corrected chi connectivity index (χ4v) is 3.66. The summed E-state index contributed by atoms with van der Waals surface area (Å²) in [5.41, 5.74) is 0. The largest absolute Gasteiger partial charge is 0.464 e. The molecule has 0 aliphatic heterocycles. The summed E-state index contributed by atoms with van der Waals surface area (Å²) >= 11 is 3.11. The SMILES string of the molecule is CCOC(=O)C(NS(=O)(=O)c1ccccc1Br)C(=O)OCC. The van der Waals surface area contributed by atoms with Gasteiger partial charge in [-0.3, -0.25) is 0 Å². The Morgan fingerprint density at radius 2 is 1.64 bits per heavy atom. The summed E-state index contributed by atoms with van der Waals surface area (Å²) in [6.07, 6.45) is 0. The second kappa shape index (κ2) is 8.25.